The second kappa shape index (κ2) is 9.83. The number of piperazine rings is 1. The maximum Gasteiger partial charge on any atom is 0.219 e. The lowest BCUT2D eigenvalue weighted by atomic mass is 10.3. The van der Waals surface area contributed by atoms with Crippen LogP contribution in [0.3, 0.4) is 0 Å². The predicted octanol–water partition coefficient (Wildman–Crippen LogP) is -0.861. The monoisotopic (exact) mass is 361 g/mol. The fraction of sp³-hybridized carbons (Fsp3) is 0.867. The third-order valence-electron chi connectivity index (χ3n) is 4.07. The summed E-state index contributed by atoms with van der Waals surface area (Å²) in [5, 5.41) is 6.45. The minimum atomic E-state index is -2.94. The van der Waals surface area contributed by atoms with E-state index in [0.717, 1.165) is 39.3 Å². The van der Waals surface area contributed by atoms with Crippen LogP contribution in [-0.4, -0.2) is 94.5 Å². The summed E-state index contributed by atoms with van der Waals surface area (Å²) in [4.78, 5) is 19.6. The molecule has 140 valence electrons. The first-order chi connectivity index (χ1) is 11.2. The highest BCUT2D eigenvalue weighted by Crippen LogP contribution is 2.01. The minimum absolute atomic E-state index is 0.0324. The van der Waals surface area contributed by atoms with Gasteiger partial charge >= 0.3 is 0 Å². The van der Waals surface area contributed by atoms with E-state index in [0.29, 0.717) is 12.4 Å². The fourth-order valence-electron chi connectivity index (χ4n) is 2.51. The first-order valence-electron chi connectivity index (χ1n) is 8.34. The molecule has 1 fully saturated rings. The highest BCUT2D eigenvalue weighted by molar-refractivity contribution is 7.90. The van der Waals surface area contributed by atoms with E-state index in [2.05, 4.69) is 20.5 Å². The van der Waals surface area contributed by atoms with Crippen molar-refractivity contribution in [3.8, 4) is 0 Å². The minimum Gasteiger partial charge on any atom is -0.355 e. The Hall–Kier alpha value is -1.35. The van der Waals surface area contributed by atoms with Gasteiger partial charge in [-0.05, 0) is 13.3 Å². The SMILES string of the molecule is CN=C(NCCN1CCN(C(C)=O)CC1)NC(C)CCS(C)(=O)=O. The highest BCUT2D eigenvalue weighted by Gasteiger charge is 2.18. The second-order valence-electron chi connectivity index (χ2n) is 6.31. The van der Waals surface area contributed by atoms with E-state index in [1.807, 2.05) is 11.8 Å². The van der Waals surface area contributed by atoms with Crippen molar-refractivity contribution in [1.82, 2.24) is 20.4 Å². The van der Waals surface area contributed by atoms with Gasteiger partial charge in [-0.1, -0.05) is 0 Å². The van der Waals surface area contributed by atoms with Crippen LogP contribution in [0, 0.1) is 0 Å². The highest BCUT2D eigenvalue weighted by atomic mass is 32.2. The molecule has 0 spiro atoms. The van der Waals surface area contributed by atoms with Crippen LogP contribution in [0.25, 0.3) is 0 Å². The third-order valence-corrected chi connectivity index (χ3v) is 5.04. The number of carbonyl (C=O) groups excluding carboxylic acids is 1. The molecule has 0 aromatic rings. The summed E-state index contributed by atoms with van der Waals surface area (Å²) in [6.45, 7) is 8.52. The lowest BCUT2D eigenvalue weighted by molar-refractivity contribution is -0.130. The summed E-state index contributed by atoms with van der Waals surface area (Å²) in [5.74, 6) is 0.984. The van der Waals surface area contributed by atoms with E-state index >= 15 is 0 Å². The topological polar surface area (TPSA) is 94.1 Å². The molecular formula is C15H31N5O3S. The van der Waals surface area contributed by atoms with Gasteiger partial charge < -0.3 is 15.5 Å². The molecule has 0 bridgehead atoms. The van der Waals surface area contributed by atoms with Gasteiger partial charge in [0.1, 0.15) is 9.84 Å². The second-order valence-corrected chi connectivity index (χ2v) is 8.57. The van der Waals surface area contributed by atoms with Crippen LogP contribution in [0.4, 0.5) is 0 Å². The molecule has 8 nitrogen and oxygen atoms in total. The molecule has 2 N–H and O–H groups in total. The summed E-state index contributed by atoms with van der Waals surface area (Å²) in [6, 6.07) is 0.0324. The number of amides is 1. The van der Waals surface area contributed by atoms with E-state index in [1.54, 1.807) is 14.0 Å². The van der Waals surface area contributed by atoms with Crippen LogP contribution >= 0.6 is 0 Å². The number of nitrogens with zero attached hydrogens (tertiary/aromatic N) is 3. The van der Waals surface area contributed by atoms with Crippen molar-refractivity contribution in [2.24, 2.45) is 4.99 Å². The third kappa shape index (κ3) is 8.49. The zero-order chi connectivity index (χ0) is 18.2. The van der Waals surface area contributed by atoms with Crippen LogP contribution in [0.15, 0.2) is 4.99 Å². The standard InChI is InChI=1S/C15H31N5O3S/c1-13(5-12-24(4,22)23)18-15(16-3)17-6-7-19-8-10-20(11-9-19)14(2)21/h13H,5-12H2,1-4H3,(H2,16,17,18). The summed E-state index contributed by atoms with van der Waals surface area (Å²) >= 11 is 0. The normalized spacial score (nSPS) is 18.3. The molecule has 0 saturated carbocycles. The molecule has 0 radical (unpaired) electrons. The number of carbonyl (C=O) groups is 1. The zero-order valence-corrected chi connectivity index (χ0v) is 16.0. The van der Waals surface area contributed by atoms with Crippen LogP contribution in [0.5, 0.6) is 0 Å². The Bertz CT molecular complexity index is 527. The summed E-state index contributed by atoms with van der Waals surface area (Å²) < 4.78 is 22.4. The predicted molar refractivity (Wildman–Crippen MR) is 97.0 cm³/mol. The Morgan fingerprint density at radius 3 is 2.38 bits per heavy atom. The molecule has 1 aliphatic heterocycles. The van der Waals surface area contributed by atoms with Crippen molar-refractivity contribution in [2.75, 3.05) is 58.3 Å². The number of nitrogens with one attached hydrogen (secondary N) is 2. The Kier molecular flexibility index (Phi) is 8.47. The van der Waals surface area contributed by atoms with Crippen molar-refractivity contribution < 1.29 is 13.2 Å². The van der Waals surface area contributed by atoms with E-state index in [9.17, 15) is 13.2 Å². The summed E-state index contributed by atoms with van der Waals surface area (Å²) in [5.41, 5.74) is 0. The van der Waals surface area contributed by atoms with Crippen LogP contribution in [-0.2, 0) is 14.6 Å². The van der Waals surface area contributed by atoms with Crippen LogP contribution in [0.2, 0.25) is 0 Å². The molecule has 9 heteroatoms. The van der Waals surface area contributed by atoms with Gasteiger partial charge in [-0.15, -0.1) is 0 Å². The molecule has 0 aromatic carbocycles. The average Bonchev–Trinajstić information content (AvgIpc) is 2.51. The number of aliphatic imine (C=N–C) groups is 1. The number of guanidine groups is 1. The molecule has 24 heavy (non-hydrogen) atoms. The van der Waals surface area contributed by atoms with Gasteiger partial charge in [0.15, 0.2) is 5.96 Å². The lowest BCUT2D eigenvalue weighted by Gasteiger charge is -2.34. The molecule has 1 unspecified atom stereocenters. The van der Waals surface area contributed by atoms with E-state index in [1.165, 1.54) is 6.26 Å². The molecule has 1 heterocycles. The lowest BCUT2D eigenvalue weighted by Crippen LogP contribution is -2.50. The molecule has 1 aliphatic rings. The number of hydrogen-bond acceptors (Lipinski definition) is 5. The van der Waals surface area contributed by atoms with Crippen LogP contribution < -0.4 is 10.6 Å². The molecule has 1 rings (SSSR count). The van der Waals surface area contributed by atoms with Crippen molar-refractivity contribution in [3.05, 3.63) is 0 Å². The Balaban J connectivity index is 2.24. The maximum absolute atomic E-state index is 11.3. The first kappa shape index (κ1) is 20.7. The Morgan fingerprint density at radius 1 is 1.25 bits per heavy atom. The number of sulfone groups is 1. The number of hydrogen-bond donors (Lipinski definition) is 2. The molecule has 1 saturated heterocycles. The first-order valence-corrected chi connectivity index (χ1v) is 10.4. The van der Waals surface area contributed by atoms with E-state index in [-0.39, 0.29) is 17.7 Å². The molecular weight excluding hydrogens is 330 g/mol. The van der Waals surface area contributed by atoms with Crippen molar-refractivity contribution >= 4 is 21.7 Å². The van der Waals surface area contributed by atoms with Gasteiger partial charge in [-0.2, -0.15) is 0 Å². The number of rotatable bonds is 7. The molecule has 0 aliphatic carbocycles. The largest absolute Gasteiger partial charge is 0.355 e. The van der Waals surface area contributed by atoms with Gasteiger partial charge in [0.2, 0.25) is 5.91 Å². The summed E-state index contributed by atoms with van der Waals surface area (Å²) in [6.07, 6.45) is 1.80. The molecule has 1 atom stereocenters. The quantitative estimate of drug-likeness (QED) is 0.453. The molecule has 0 aromatic heterocycles. The van der Waals surface area contributed by atoms with E-state index in [4.69, 9.17) is 0 Å². The smallest absolute Gasteiger partial charge is 0.219 e. The Labute approximate surface area is 145 Å². The Morgan fingerprint density at radius 2 is 1.88 bits per heavy atom. The van der Waals surface area contributed by atoms with Gasteiger partial charge in [0.05, 0.1) is 5.75 Å². The summed E-state index contributed by atoms with van der Waals surface area (Å²) in [7, 11) is -1.24. The zero-order valence-electron chi connectivity index (χ0n) is 15.2. The van der Waals surface area contributed by atoms with E-state index < -0.39 is 9.84 Å². The van der Waals surface area contributed by atoms with Crippen molar-refractivity contribution in [2.45, 2.75) is 26.3 Å². The van der Waals surface area contributed by atoms with Gasteiger partial charge in [0, 0.05) is 65.5 Å². The molecule has 1 amide bonds. The average molecular weight is 362 g/mol. The maximum atomic E-state index is 11.3. The van der Waals surface area contributed by atoms with Crippen molar-refractivity contribution in [1.29, 1.82) is 0 Å². The van der Waals surface area contributed by atoms with Crippen LogP contribution in [0.1, 0.15) is 20.3 Å². The van der Waals surface area contributed by atoms with Crippen molar-refractivity contribution in [3.63, 3.8) is 0 Å². The fourth-order valence-corrected chi connectivity index (χ4v) is 3.29. The van der Waals surface area contributed by atoms with Gasteiger partial charge in [-0.25, -0.2) is 8.42 Å². The van der Waals surface area contributed by atoms with Gasteiger partial charge in [-0.3, -0.25) is 14.7 Å². The van der Waals surface area contributed by atoms with Gasteiger partial charge in [0.25, 0.3) is 0 Å².